The Hall–Kier alpha value is -1.49. The van der Waals surface area contributed by atoms with Crippen LogP contribution in [0.3, 0.4) is 0 Å². The van der Waals surface area contributed by atoms with Gasteiger partial charge >= 0.3 is 5.97 Å². The van der Waals surface area contributed by atoms with Gasteiger partial charge in [0.1, 0.15) is 5.69 Å². The molecule has 2 N–H and O–H groups in total. The fourth-order valence-electron chi connectivity index (χ4n) is 2.07. The van der Waals surface area contributed by atoms with Crippen LogP contribution >= 0.6 is 11.6 Å². The molecule has 0 radical (unpaired) electrons. The summed E-state index contributed by atoms with van der Waals surface area (Å²) in [6.07, 6.45) is 2.21. The van der Waals surface area contributed by atoms with Crippen LogP contribution < -0.4 is 5.32 Å². The van der Waals surface area contributed by atoms with Gasteiger partial charge in [-0.1, -0.05) is 25.4 Å². The van der Waals surface area contributed by atoms with Crippen LogP contribution in [0.1, 0.15) is 37.7 Å². The fourth-order valence-corrected chi connectivity index (χ4v) is 2.29. The molecule has 0 aliphatic carbocycles. The van der Waals surface area contributed by atoms with Crippen molar-refractivity contribution in [2.45, 2.75) is 33.7 Å². The molecule has 0 saturated heterocycles. The molecule has 112 valence electrons. The number of hydrogen-bond donors (Lipinski definition) is 2. The average Bonchev–Trinajstić information content (AvgIpc) is 2.74. The van der Waals surface area contributed by atoms with Gasteiger partial charge in [-0.3, -0.25) is 9.59 Å². The molecule has 1 aromatic heterocycles. The first-order chi connectivity index (χ1) is 9.35. The number of carboxylic acids is 1. The van der Waals surface area contributed by atoms with E-state index in [-0.39, 0.29) is 18.4 Å². The van der Waals surface area contributed by atoms with Crippen LogP contribution in [0.5, 0.6) is 0 Å². The molecule has 0 spiro atoms. The van der Waals surface area contributed by atoms with Crippen LogP contribution in [-0.4, -0.2) is 28.1 Å². The van der Waals surface area contributed by atoms with E-state index in [0.717, 1.165) is 0 Å². The highest BCUT2D eigenvalue weighted by molar-refractivity contribution is 6.31. The van der Waals surface area contributed by atoms with Crippen molar-refractivity contribution in [2.24, 2.45) is 11.8 Å². The molecule has 1 rings (SSSR count). The molecule has 1 unspecified atom stereocenters. The van der Waals surface area contributed by atoms with Gasteiger partial charge in [0.25, 0.3) is 5.91 Å². The Labute approximate surface area is 123 Å². The summed E-state index contributed by atoms with van der Waals surface area (Å²) in [5.74, 6) is -1.49. The van der Waals surface area contributed by atoms with Crippen molar-refractivity contribution < 1.29 is 14.7 Å². The number of hydrogen-bond acceptors (Lipinski definition) is 2. The molecule has 5 nitrogen and oxygen atoms in total. The van der Waals surface area contributed by atoms with Gasteiger partial charge in [0.05, 0.1) is 10.9 Å². The summed E-state index contributed by atoms with van der Waals surface area (Å²) in [5.41, 5.74) is 0.450. The van der Waals surface area contributed by atoms with Crippen molar-refractivity contribution >= 4 is 23.5 Å². The van der Waals surface area contributed by atoms with E-state index in [0.29, 0.717) is 23.7 Å². The number of nitrogens with zero attached hydrogens (tertiary/aromatic N) is 1. The van der Waals surface area contributed by atoms with Crippen LogP contribution in [0, 0.1) is 11.8 Å². The van der Waals surface area contributed by atoms with Gasteiger partial charge in [0.2, 0.25) is 0 Å². The number of carboxylic acid groups (broad SMARTS) is 1. The predicted octanol–water partition coefficient (Wildman–Crippen LogP) is 2.64. The molecule has 1 amide bonds. The van der Waals surface area contributed by atoms with Crippen molar-refractivity contribution in [3.05, 3.63) is 23.0 Å². The number of amides is 1. The lowest BCUT2D eigenvalue weighted by atomic mass is 9.97. The number of aliphatic carboxylic acids is 1. The quantitative estimate of drug-likeness (QED) is 0.813. The summed E-state index contributed by atoms with van der Waals surface area (Å²) in [5, 5.41) is 12.3. The molecule has 0 saturated carbocycles. The fraction of sp³-hybridized carbons (Fsp3) is 0.571. The number of carbonyl (C=O) groups excluding carboxylic acids is 1. The Morgan fingerprint density at radius 1 is 1.45 bits per heavy atom. The maximum Gasteiger partial charge on any atom is 0.308 e. The first kappa shape index (κ1) is 16.6. The third-order valence-corrected chi connectivity index (χ3v) is 3.26. The lowest BCUT2D eigenvalue weighted by molar-refractivity contribution is -0.142. The lowest BCUT2D eigenvalue weighted by Gasteiger charge is -2.15. The first-order valence-electron chi connectivity index (χ1n) is 6.71. The number of halogens is 1. The summed E-state index contributed by atoms with van der Waals surface area (Å²) in [6, 6.07) is 1.58. The molecular weight excluding hydrogens is 280 g/mol. The third kappa shape index (κ3) is 4.56. The highest BCUT2D eigenvalue weighted by Gasteiger charge is 2.21. The van der Waals surface area contributed by atoms with Gasteiger partial charge in [-0.2, -0.15) is 0 Å². The van der Waals surface area contributed by atoms with E-state index >= 15 is 0 Å². The molecule has 1 aromatic rings. The molecule has 6 heteroatoms. The predicted molar refractivity (Wildman–Crippen MR) is 78.0 cm³/mol. The van der Waals surface area contributed by atoms with Crippen LogP contribution in [-0.2, 0) is 11.3 Å². The molecule has 0 aromatic carbocycles. The second-order valence-electron chi connectivity index (χ2n) is 5.20. The second kappa shape index (κ2) is 7.33. The maximum atomic E-state index is 12.1. The number of rotatable bonds is 7. The smallest absolute Gasteiger partial charge is 0.308 e. The van der Waals surface area contributed by atoms with E-state index in [2.05, 4.69) is 5.32 Å². The van der Waals surface area contributed by atoms with Crippen molar-refractivity contribution in [3.63, 3.8) is 0 Å². The summed E-state index contributed by atoms with van der Waals surface area (Å²) in [4.78, 5) is 23.2. The molecule has 0 aliphatic rings. The molecule has 0 fully saturated rings. The minimum absolute atomic E-state index is 0.124. The second-order valence-corrected chi connectivity index (χ2v) is 5.64. The standard InChI is InChI=1S/C14H21ClN2O3/c1-4-17-8-11(15)6-12(17)13(18)16-7-10(14(19)20)5-9(2)3/h6,8-10H,4-5,7H2,1-3H3,(H,16,18)(H,19,20). The van der Waals surface area contributed by atoms with E-state index in [9.17, 15) is 9.59 Å². The maximum absolute atomic E-state index is 12.1. The normalized spacial score (nSPS) is 12.4. The largest absolute Gasteiger partial charge is 0.481 e. The van der Waals surface area contributed by atoms with E-state index in [1.54, 1.807) is 16.8 Å². The zero-order valence-corrected chi connectivity index (χ0v) is 12.8. The van der Waals surface area contributed by atoms with Gasteiger partial charge in [-0.25, -0.2) is 0 Å². The van der Waals surface area contributed by atoms with Crippen molar-refractivity contribution in [3.8, 4) is 0 Å². The number of nitrogens with one attached hydrogen (secondary N) is 1. The van der Waals surface area contributed by atoms with Crippen molar-refractivity contribution in [1.82, 2.24) is 9.88 Å². The lowest BCUT2D eigenvalue weighted by Crippen LogP contribution is -2.34. The number of carbonyl (C=O) groups is 2. The Balaban J connectivity index is 2.67. The highest BCUT2D eigenvalue weighted by atomic mass is 35.5. The molecule has 20 heavy (non-hydrogen) atoms. The SMILES string of the molecule is CCn1cc(Cl)cc1C(=O)NCC(CC(C)C)C(=O)O. The van der Waals surface area contributed by atoms with E-state index in [4.69, 9.17) is 16.7 Å². The van der Waals surface area contributed by atoms with Crippen LogP contribution in [0.25, 0.3) is 0 Å². The summed E-state index contributed by atoms with van der Waals surface area (Å²) >= 11 is 5.88. The average molecular weight is 301 g/mol. The van der Waals surface area contributed by atoms with Gasteiger partial charge < -0.3 is 15.0 Å². The number of aromatic nitrogens is 1. The minimum Gasteiger partial charge on any atom is -0.481 e. The van der Waals surface area contributed by atoms with Gasteiger partial charge in [-0.05, 0) is 25.3 Å². The minimum atomic E-state index is -0.886. The van der Waals surface area contributed by atoms with E-state index < -0.39 is 11.9 Å². The topological polar surface area (TPSA) is 71.3 Å². The molecule has 0 aliphatic heterocycles. The molecule has 0 bridgehead atoms. The Bertz CT molecular complexity index is 483. The zero-order chi connectivity index (χ0) is 15.3. The third-order valence-electron chi connectivity index (χ3n) is 3.05. The van der Waals surface area contributed by atoms with Gasteiger partial charge in [0.15, 0.2) is 0 Å². The highest BCUT2D eigenvalue weighted by Crippen LogP contribution is 2.15. The van der Waals surface area contributed by atoms with E-state index in [1.165, 1.54) is 0 Å². The Morgan fingerprint density at radius 3 is 2.60 bits per heavy atom. The summed E-state index contributed by atoms with van der Waals surface area (Å²) < 4.78 is 1.73. The van der Waals surface area contributed by atoms with Crippen LogP contribution in [0.4, 0.5) is 0 Å². The Morgan fingerprint density at radius 2 is 2.10 bits per heavy atom. The number of aryl methyl sites for hydroxylation is 1. The Kier molecular flexibility index (Phi) is 6.07. The van der Waals surface area contributed by atoms with Crippen LogP contribution in [0.15, 0.2) is 12.3 Å². The molecule has 1 heterocycles. The zero-order valence-electron chi connectivity index (χ0n) is 12.0. The molecular formula is C14H21ClN2O3. The van der Waals surface area contributed by atoms with Crippen molar-refractivity contribution in [2.75, 3.05) is 6.54 Å². The first-order valence-corrected chi connectivity index (χ1v) is 7.09. The molecule has 1 atom stereocenters. The summed E-state index contributed by atoms with van der Waals surface area (Å²) in [7, 11) is 0. The summed E-state index contributed by atoms with van der Waals surface area (Å²) in [6.45, 7) is 6.58. The van der Waals surface area contributed by atoms with Crippen molar-refractivity contribution in [1.29, 1.82) is 0 Å². The van der Waals surface area contributed by atoms with Gasteiger partial charge in [0, 0.05) is 19.3 Å². The monoisotopic (exact) mass is 300 g/mol. The van der Waals surface area contributed by atoms with E-state index in [1.807, 2.05) is 20.8 Å². The van der Waals surface area contributed by atoms with Crippen LogP contribution in [0.2, 0.25) is 5.02 Å². The van der Waals surface area contributed by atoms with Gasteiger partial charge in [-0.15, -0.1) is 0 Å².